The minimum absolute atomic E-state index is 0.0489. The Balaban J connectivity index is 1.75. The van der Waals surface area contributed by atoms with Gasteiger partial charge in [-0.3, -0.25) is 9.59 Å². The third kappa shape index (κ3) is 1.83. The molecule has 4 rings (SSSR count). The van der Waals surface area contributed by atoms with E-state index in [0.29, 0.717) is 0 Å². The Morgan fingerprint density at radius 1 is 1.22 bits per heavy atom. The fourth-order valence-electron chi connectivity index (χ4n) is 3.73. The number of amides is 2. The highest BCUT2D eigenvalue weighted by Crippen LogP contribution is 2.52. The van der Waals surface area contributed by atoms with Gasteiger partial charge in [0, 0.05) is 0 Å². The molecule has 3 heterocycles. The molecule has 2 unspecified atom stereocenters. The predicted octanol–water partition coefficient (Wildman–Crippen LogP) is 2.54. The SMILES string of the molecule is CC12C=CC(O1)[C@H]1C(=O)N(c3cccc(C(F)(F)F)c3)C(=O)[C@H]12. The second-order valence-corrected chi connectivity index (χ2v) is 6.19. The molecule has 120 valence electrons. The summed E-state index contributed by atoms with van der Waals surface area (Å²) in [7, 11) is 0. The number of carbonyl (C=O) groups excluding carboxylic acids is 2. The van der Waals surface area contributed by atoms with Crippen molar-refractivity contribution >= 4 is 17.5 Å². The van der Waals surface area contributed by atoms with Crippen molar-refractivity contribution in [2.75, 3.05) is 4.90 Å². The predicted molar refractivity (Wildman–Crippen MR) is 73.3 cm³/mol. The smallest absolute Gasteiger partial charge is 0.362 e. The van der Waals surface area contributed by atoms with Gasteiger partial charge in [0.15, 0.2) is 0 Å². The van der Waals surface area contributed by atoms with E-state index in [1.165, 1.54) is 12.1 Å². The molecule has 2 saturated heterocycles. The van der Waals surface area contributed by atoms with Gasteiger partial charge in [0.2, 0.25) is 11.8 Å². The molecule has 2 amide bonds. The number of fused-ring (bicyclic) bond motifs is 5. The van der Waals surface area contributed by atoms with Crippen LogP contribution < -0.4 is 4.90 Å². The maximum atomic E-state index is 12.9. The Kier molecular flexibility index (Phi) is 2.65. The molecule has 2 bridgehead atoms. The number of anilines is 1. The van der Waals surface area contributed by atoms with E-state index in [0.717, 1.165) is 17.0 Å². The molecule has 4 nitrogen and oxygen atoms in total. The van der Waals surface area contributed by atoms with Crippen molar-refractivity contribution < 1.29 is 27.5 Å². The number of halogens is 3. The van der Waals surface area contributed by atoms with Gasteiger partial charge < -0.3 is 4.74 Å². The molecule has 0 aromatic heterocycles. The summed E-state index contributed by atoms with van der Waals surface area (Å²) in [5.74, 6) is -2.35. The van der Waals surface area contributed by atoms with Gasteiger partial charge in [0.1, 0.15) is 0 Å². The number of rotatable bonds is 1. The van der Waals surface area contributed by atoms with Crippen molar-refractivity contribution in [2.24, 2.45) is 11.8 Å². The number of nitrogens with zero attached hydrogens (tertiary/aromatic N) is 1. The summed E-state index contributed by atoms with van der Waals surface area (Å²) in [5, 5.41) is 0. The van der Waals surface area contributed by atoms with Gasteiger partial charge in [-0.05, 0) is 25.1 Å². The van der Waals surface area contributed by atoms with Crippen LogP contribution in [-0.2, 0) is 20.5 Å². The fraction of sp³-hybridized carbons (Fsp3) is 0.375. The molecule has 0 spiro atoms. The molecule has 3 aliphatic rings. The first-order valence-electron chi connectivity index (χ1n) is 7.15. The topological polar surface area (TPSA) is 46.6 Å². The summed E-state index contributed by atoms with van der Waals surface area (Å²) in [5.41, 5.74) is -1.80. The maximum Gasteiger partial charge on any atom is 0.416 e. The summed E-state index contributed by atoms with van der Waals surface area (Å²) in [4.78, 5) is 26.1. The zero-order chi connectivity index (χ0) is 16.6. The highest BCUT2D eigenvalue weighted by atomic mass is 19.4. The number of hydrogen-bond acceptors (Lipinski definition) is 3. The van der Waals surface area contributed by atoms with Gasteiger partial charge in [-0.15, -0.1) is 0 Å². The lowest BCUT2D eigenvalue weighted by Crippen LogP contribution is -2.38. The normalized spacial score (nSPS) is 35.3. The zero-order valence-corrected chi connectivity index (χ0v) is 12.0. The highest BCUT2D eigenvalue weighted by Gasteiger charge is 2.66. The van der Waals surface area contributed by atoms with Crippen molar-refractivity contribution in [3.8, 4) is 0 Å². The summed E-state index contributed by atoms with van der Waals surface area (Å²) < 4.78 is 44.2. The van der Waals surface area contributed by atoms with E-state index in [2.05, 4.69) is 0 Å². The van der Waals surface area contributed by atoms with Gasteiger partial charge in [-0.1, -0.05) is 18.2 Å². The van der Waals surface area contributed by atoms with Crippen molar-refractivity contribution in [1.29, 1.82) is 0 Å². The van der Waals surface area contributed by atoms with E-state index >= 15 is 0 Å². The fourth-order valence-corrected chi connectivity index (χ4v) is 3.73. The van der Waals surface area contributed by atoms with Crippen LogP contribution in [0.25, 0.3) is 0 Å². The van der Waals surface area contributed by atoms with Crippen LogP contribution in [0.1, 0.15) is 12.5 Å². The minimum Gasteiger partial charge on any atom is -0.362 e. The second-order valence-electron chi connectivity index (χ2n) is 6.19. The first-order chi connectivity index (χ1) is 10.7. The van der Waals surface area contributed by atoms with Crippen LogP contribution >= 0.6 is 0 Å². The molecule has 0 N–H and O–H groups in total. The van der Waals surface area contributed by atoms with Crippen LogP contribution in [0, 0.1) is 11.8 Å². The lowest BCUT2D eigenvalue weighted by atomic mass is 9.78. The average molecular weight is 323 g/mol. The number of carbonyl (C=O) groups is 2. The summed E-state index contributed by atoms with van der Waals surface area (Å²) in [6.45, 7) is 1.72. The molecule has 1 aromatic carbocycles. The summed E-state index contributed by atoms with van der Waals surface area (Å²) in [6.07, 6.45) is -1.54. The number of ether oxygens (including phenoxy) is 1. The van der Waals surface area contributed by atoms with Crippen LogP contribution in [-0.4, -0.2) is 23.5 Å². The molecule has 3 aliphatic heterocycles. The van der Waals surface area contributed by atoms with Gasteiger partial charge in [0.25, 0.3) is 0 Å². The quantitative estimate of drug-likeness (QED) is 0.589. The monoisotopic (exact) mass is 323 g/mol. The van der Waals surface area contributed by atoms with Crippen LogP contribution in [0.5, 0.6) is 0 Å². The van der Waals surface area contributed by atoms with Gasteiger partial charge in [0.05, 0.1) is 34.8 Å². The van der Waals surface area contributed by atoms with Gasteiger partial charge >= 0.3 is 6.18 Å². The van der Waals surface area contributed by atoms with E-state index in [4.69, 9.17) is 4.74 Å². The molecule has 0 aliphatic carbocycles. The Bertz CT molecular complexity index is 757. The van der Waals surface area contributed by atoms with Crippen molar-refractivity contribution in [3.05, 3.63) is 42.0 Å². The van der Waals surface area contributed by atoms with E-state index in [-0.39, 0.29) is 5.69 Å². The molecule has 1 aromatic rings. The van der Waals surface area contributed by atoms with Crippen LogP contribution in [0.3, 0.4) is 0 Å². The Labute approximate surface area is 129 Å². The Morgan fingerprint density at radius 2 is 1.96 bits per heavy atom. The molecule has 23 heavy (non-hydrogen) atoms. The second kappa shape index (κ2) is 4.23. The number of imide groups is 1. The van der Waals surface area contributed by atoms with E-state index in [1.807, 2.05) is 0 Å². The summed E-state index contributed by atoms with van der Waals surface area (Å²) in [6, 6.07) is 4.27. The molecular formula is C16H12F3NO3. The first kappa shape index (κ1) is 14.4. The lowest BCUT2D eigenvalue weighted by molar-refractivity contribution is -0.137. The highest BCUT2D eigenvalue weighted by molar-refractivity contribution is 6.23. The minimum atomic E-state index is -4.53. The largest absolute Gasteiger partial charge is 0.416 e. The van der Waals surface area contributed by atoms with Crippen LogP contribution in [0.4, 0.5) is 18.9 Å². The molecular weight excluding hydrogens is 311 g/mol. The molecule has 0 radical (unpaired) electrons. The number of benzene rings is 1. The molecule has 4 atom stereocenters. The lowest BCUT2D eigenvalue weighted by Gasteiger charge is -2.24. The number of alkyl halides is 3. The summed E-state index contributed by atoms with van der Waals surface area (Å²) >= 11 is 0. The maximum absolute atomic E-state index is 12.9. The molecule has 7 heteroatoms. The Hall–Kier alpha value is -2.15. The van der Waals surface area contributed by atoms with E-state index < -0.39 is 47.1 Å². The van der Waals surface area contributed by atoms with Crippen molar-refractivity contribution in [3.63, 3.8) is 0 Å². The average Bonchev–Trinajstić information content (AvgIpc) is 3.07. The van der Waals surface area contributed by atoms with E-state index in [1.54, 1.807) is 19.1 Å². The zero-order valence-electron chi connectivity index (χ0n) is 12.0. The third-order valence-corrected chi connectivity index (χ3v) is 4.76. The van der Waals surface area contributed by atoms with Crippen molar-refractivity contribution in [1.82, 2.24) is 0 Å². The standard InChI is InChI=1S/C16H12F3NO3/c1-15-6-5-10(23-15)11-12(15)14(22)20(13(11)21)9-4-2-3-8(7-9)16(17,18)19/h2-7,10-12H,1H3/t10?,11-,12+,15?/m1/s1. The molecule has 2 fully saturated rings. The van der Waals surface area contributed by atoms with Crippen LogP contribution in [0.2, 0.25) is 0 Å². The van der Waals surface area contributed by atoms with Gasteiger partial charge in [-0.2, -0.15) is 13.2 Å². The van der Waals surface area contributed by atoms with E-state index in [9.17, 15) is 22.8 Å². The molecule has 0 saturated carbocycles. The van der Waals surface area contributed by atoms with Crippen molar-refractivity contribution in [2.45, 2.75) is 24.8 Å². The van der Waals surface area contributed by atoms with Crippen LogP contribution in [0.15, 0.2) is 36.4 Å². The number of hydrogen-bond donors (Lipinski definition) is 0. The third-order valence-electron chi connectivity index (χ3n) is 4.76. The Morgan fingerprint density at radius 3 is 2.61 bits per heavy atom. The first-order valence-corrected chi connectivity index (χ1v) is 7.15. The van der Waals surface area contributed by atoms with Gasteiger partial charge in [-0.25, -0.2) is 4.90 Å².